The molecule has 3 rings (SSSR count). The van der Waals surface area contributed by atoms with E-state index in [2.05, 4.69) is 9.97 Å². The topological polar surface area (TPSA) is 63.9 Å². The highest BCUT2D eigenvalue weighted by molar-refractivity contribution is 6.31. The van der Waals surface area contributed by atoms with Gasteiger partial charge in [0.2, 0.25) is 0 Å². The van der Waals surface area contributed by atoms with E-state index in [0.717, 1.165) is 22.6 Å². The lowest BCUT2D eigenvalue weighted by atomic mass is 10.3. The van der Waals surface area contributed by atoms with Crippen LogP contribution in [-0.2, 0) is 6.42 Å². The number of fused-ring (bicyclic) bond motifs is 1. The standard InChI is InChI=1S/C15H14ClN3O/c16-10-8-12(17)15-13(9-10)18-14(19-15)6-7-20-11-4-2-1-3-5-11/h1-5,8-9H,6-7,17H2,(H,18,19). The zero-order valence-electron chi connectivity index (χ0n) is 10.8. The lowest BCUT2D eigenvalue weighted by molar-refractivity contribution is 0.319. The molecule has 0 aliphatic carbocycles. The lowest BCUT2D eigenvalue weighted by Crippen LogP contribution is -2.02. The molecule has 0 atom stereocenters. The fourth-order valence-corrected chi connectivity index (χ4v) is 2.29. The van der Waals surface area contributed by atoms with Crippen molar-refractivity contribution in [2.24, 2.45) is 0 Å². The Kier molecular flexibility index (Phi) is 3.48. The monoisotopic (exact) mass is 287 g/mol. The first-order valence-electron chi connectivity index (χ1n) is 6.34. The molecule has 0 saturated heterocycles. The van der Waals surface area contributed by atoms with Crippen molar-refractivity contribution in [1.29, 1.82) is 0 Å². The third-order valence-electron chi connectivity index (χ3n) is 2.98. The zero-order chi connectivity index (χ0) is 13.9. The molecule has 1 aromatic heterocycles. The average Bonchev–Trinajstić information content (AvgIpc) is 2.83. The van der Waals surface area contributed by atoms with Crippen molar-refractivity contribution in [3.05, 3.63) is 53.3 Å². The molecule has 20 heavy (non-hydrogen) atoms. The highest BCUT2D eigenvalue weighted by atomic mass is 35.5. The summed E-state index contributed by atoms with van der Waals surface area (Å²) in [4.78, 5) is 7.67. The van der Waals surface area contributed by atoms with E-state index in [1.807, 2.05) is 36.4 Å². The normalized spacial score (nSPS) is 10.8. The summed E-state index contributed by atoms with van der Waals surface area (Å²) in [7, 11) is 0. The molecule has 3 N–H and O–H groups in total. The Morgan fingerprint density at radius 2 is 2.00 bits per heavy atom. The van der Waals surface area contributed by atoms with Gasteiger partial charge in [0.15, 0.2) is 0 Å². The largest absolute Gasteiger partial charge is 0.493 e. The average molecular weight is 288 g/mol. The maximum absolute atomic E-state index is 5.97. The molecule has 0 aliphatic rings. The Morgan fingerprint density at radius 3 is 2.80 bits per heavy atom. The Balaban J connectivity index is 1.70. The van der Waals surface area contributed by atoms with Gasteiger partial charge in [-0.3, -0.25) is 0 Å². The van der Waals surface area contributed by atoms with Gasteiger partial charge in [-0.25, -0.2) is 4.98 Å². The lowest BCUT2D eigenvalue weighted by Gasteiger charge is -2.03. The Morgan fingerprint density at radius 1 is 1.20 bits per heavy atom. The summed E-state index contributed by atoms with van der Waals surface area (Å²) >= 11 is 5.97. The van der Waals surface area contributed by atoms with Crippen LogP contribution in [0.4, 0.5) is 5.69 Å². The first-order valence-corrected chi connectivity index (χ1v) is 6.71. The summed E-state index contributed by atoms with van der Waals surface area (Å²) in [5.41, 5.74) is 8.08. The van der Waals surface area contributed by atoms with Gasteiger partial charge in [-0.15, -0.1) is 0 Å². The molecular weight excluding hydrogens is 274 g/mol. The number of nitrogen functional groups attached to an aromatic ring is 1. The van der Waals surface area contributed by atoms with Crippen LogP contribution in [0, 0.1) is 0 Å². The molecule has 0 fully saturated rings. The molecule has 0 unspecified atom stereocenters. The van der Waals surface area contributed by atoms with Gasteiger partial charge in [0.05, 0.1) is 17.8 Å². The van der Waals surface area contributed by atoms with Crippen LogP contribution in [0.3, 0.4) is 0 Å². The summed E-state index contributed by atoms with van der Waals surface area (Å²) in [6.07, 6.45) is 0.681. The van der Waals surface area contributed by atoms with E-state index in [1.54, 1.807) is 6.07 Å². The third-order valence-corrected chi connectivity index (χ3v) is 3.20. The molecule has 0 radical (unpaired) electrons. The maximum Gasteiger partial charge on any atom is 0.119 e. The SMILES string of the molecule is Nc1cc(Cl)cc2[nH]c(CCOc3ccccc3)nc12. The van der Waals surface area contributed by atoms with Crippen LogP contribution in [0.1, 0.15) is 5.82 Å². The van der Waals surface area contributed by atoms with E-state index >= 15 is 0 Å². The zero-order valence-corrected chi connectivity index (χ0v) is 11.5. The highest BCUT2D eigenvalue weighted by Gasteiger charge is 2.07. The second-order valence-corrected chi connectivity index (χ2v) is 4.92. The number of hydrogen-bond donors (Lipinski definition) is 2. The number of hydrogen-bond acceptors (Lipinski definition) is 3. The van der Waals surface area contributed by atoms with Crippen molar-refractivity contribution in [3.63, 3.8) is 0 Å². The minimum atomic E-state index is 0.553. The number of H-pyrrole nitrogens is 1. The van der Waals surface area contributed by atoms with Crippen LogP contribution in [0.2, 0.25) is 5.02 Å². The van der Waals surface area contributed by atoms with Crippen molar-refractivity contribution in [2.75, 3.05) is 12.3 Å². The Hall–Kier alpha value is -2.20. The molecule has 0 aliphatic heterocycles. The number of para-hydroxylation sites is 1. The van der Waals surface area contributed by atoms with Gasteiger partial charge in [-0.2, -0.15) is 0 Å². The third kappa shape index (κ3) is 2.70. The summed E-state index contributed by atoms with van der Waals surface area (Å²) < 4.78 is 5.64. The molecule has 4 nitrogen and oxygen atoms in total. The second kappa shape index (κ2) is 5.43. The van der Waals surface area contributed by atoms with Crippen LogP contribution in [0.5, 0.6) is 5.75 Å². The van der Waals surface area contributed by atoms with E-state index in [0.29, 0.717) is 23.7 Å². The van der Waals surface area contributed by atoms with Gasteiger partial charge in [0.25, 0.3) is 0 Å². The minimum Gasteiger partial charge on any atom is -0.493 e. The van der Waals surface area contributed by atoms with Crippen molar-refractivity contribution in [3.8, 4) is 5.75 Å². The van der Waals surface area contributed by atoms with Crippen LogP contribution in [0.15, 0.2) is 42.5 Å². The van der Waals surface area contributed by atoms with Crippen molar-refractivity contribution in [2.45, 2.75) is 6.42 Å². The van der Waals surface area contributed by atoms with Crippen LogP contribution in [-0.4, -0.2) is 16.6 Å². The number of nitrogens with zero attached hydrogens (tertiary/aromatic N) is 1. The van der Waals surface area contributed by atoms with E-state index < -0.39 is 0 Å². The van der Waals surface area contributed by atoms with E-state index in [-0.39, 0.29) is 0 Å². The molecule has 1 heterocycles. The highest BCUT2D eigenvalue weighted by Crippen LogP contribution is 2.24. The van der Waals surface area contributed by atoms with Crippen molar-refractivity contribution >= 4 is 28.3 Å². The summed E-state index contributed by atoms with van der Waals surface area (Å²) in [6.45, 7) is 0.553. The predicted octanol–water partition coefficient (Wildman–Crippen LogP) is 3.42. The first kappa shape index (κ1) is 12.8. The first-order chi connectivity index (χ1) is 9.72. The predicted molar refractivity (Wildman–Crippen MR) is 81.2 cm³/mol. The Bertz CT molecular complexity index is 725. The van der Waals surface area contributed by atoms with Gasteiger partial charge >= 0.3 is 0 Å². The number of benzene rings is 2. The van der Waals surface area contributed by atoms with E-state index in [9.17, 15) is 0 Å². The molecule has 5 heteroatoms. The van der Waals surface area contributed by atoms with Gasteiger partial charge < -0.3 is 15.5 Å². The molecule has 0 spiro atoms. The molecule has 0 bridgehead atoms. The van der Waals surface area contributed by atoms with Crippen LogP contribution in [0.25, 0.3) is 11.0 Å². The number of imidazole rings is 1. The number of ether oxygens (including phenoxy) is 1. The van der Waals surface area contributed by atoms with E-state index in [4.69, 9.17) is 22.1 Å². The van der Waals surface area contributed by atoms with Crippen LogP contribution >= 0.6 is 11.6 Å². The number of rotatable bonds is 4. The number of nitrogens with two attached hydrogens (primary N) is 1. The second-order valence-electron chi connectivity index (χ2n) is 4.49. The van der Waals surface area contributed by atoms with Gasteiger partial charge in [-0.05, 0) is 24.3 Å². The van der Waals surface area contributed by atoms with Crippen molar-refractivity contribution in [1.82, 2.24) is 9.97 Å². The number of anilines is 1. The molecule has 0 amide bonds. The molecular formula is C15H14ClN3O. The summed E-state index contributed by atoms with van der Waals surface area (Å²) in [5, 5.41) is 0.603. The number of nitrogens with one attached hydrogen (secondary N) is 1. The number of aromatic amines is 1. The van der Waals surface area contributed by atoms with Gasteiger partial charge in [0.1, 0.15) is 17.1 Å². The molecule has 0 saturated carbocycles. The fourth-order valence-electron chi connectivity index (χ4n) is 2.06. The number of halogens is 1. The van der Waals surface area contributed by atoms with Gasteiger partial charge in [0, 0.05) is 11.4 Å². The molecule has 3 aromatic rings. The molecule has 2 aromatic carbocycles. The summed E-state index contributed by atoms with van der Waals surface area (Å²) in [5.74, 6) is 1.69. The fraction of sp³-hybridized carbons (Fsp3) is 0.133. The smallest absolute Gasteiger partial charge is 0.119 e. The van der Waals surface area contributed by atoms with Gasteiger partial charge in [-0.1, -0.05) is 29.8 Å². The Labute approximate surface area is 121 Å². The van der Waals surface area contributed by atoms with E-state index in [1.165, 1.54) is 0 Å². The summed E-state index contributed by atoms with van der Waals surface area (Å²) in [6, 6.07) is 13.2. The maximum atomic E-state index is 5.97. The minimum absolute atomic E-state index is 0.553. The number of aromatic nitrogens is 2. The quantitative estimate of drug-likeness (QED) is 0.723. The molecule has 102 valence electrons. The van der Waals surface area contributed by atoms with Crippen LogP contribution < -0.4 is 10.5 Å². The van der Waals surface area contributed by atoms with Crippen molar-refractivity contribution < 1.29 is 4.74 Å².